The molecular formula is C24H19ClN2O3. The van der Waals surface area contributed by atoms with Gasteiger partial charge in [-0.05, 0) is 60.4 Å². The molecule has 150 valence electrons. The van der Waals surface area contributed by atoms with Crippen molar-refractivity contribution in [2.45, 2.75) is 6.42 Å². The van der Waals surface area contributed by atoms with Crippen LogP contribution in [0.4, 0.5) is 11.4 Å². The lowest BCUT2D eigenvalue weighted by atomic mass is 9.63. The number of benzene rings is 2. The van der Waals surface area contributed by atoms with Gasteiger partial charge >= 0.3 is 0 Å². The molecule has 6 heteroatoms. The first-order valence-electron chi connectivity index (χ1n) is 10.3. The zero-order valence-electron chi connectivity index (χ0n) is 16.0. The van der Waals surface area contributed by atoms with E-state index in [4.69, 9.17) is 11.6 Å². The minimum Gasteiger partial charge on any atom is -0.321 e. The van der Waals surface area contributed by atoms with Gasteiger partial charge in [0.05, 0.1) is 28.2 Å². The van der Waals surface area contributed by atoms with Crippen LogP contribution in [0.25, 0.3) is 0 Å². The highest BCUT2D eigenvalue weighted by molar-refractivity contribution is 6.34. The highest BCUT2D eigenvalue weighted by Gasteiger charge is 2.67. The zero-order valence-corrected chi connectivity index (χ0v) is 16.8. The Morgan fingerprint density at radius 1 is 0.933 bits per heavy atom. The number of nitrogens with zero attached hydrogens (tertiary/aromatic N) is 1. The number of halogens is 1. The molecule has 2 bridgehead atoms. The quantitative estimate of drug-likeness (QED) is 0.601. The summed E-state index contributed by atoms with van der Waals surface area (Å²) in [6, 6.07) is 13.7. The second kappa shape index (κ2) is 6.29. The molecule has 0 radical (unpaired) electrons. The number of para-hydroxylation sites is 1. The lowest BCUT2D eigenvalue weighted by Crippen LogP contribution is -2.40. The number of amides is 3. The fourth-order valence-electron chi connectivity index (χ4n) is 5.75. The van der Waals surface area contributed by atoms with Crippen molar-refractivity contribution in [3.63, 3.8) is 0 Å². The number of anilines is 2. The van der Waals surface area contributed by atoms with Gasteiger partial charge in [0.25, 0.3) is 5.91 Å². The van der Waals surface area contributed by atoms with E-state index in [2.05, 4.69) is 17.5 Å². The third-order valence-electron chi connectivity index (χ3n) is 7.15. The van der Waals surface area contributed by atoms with Gasteiger partial charge in [-0.25, -0.2) is 4.90 Å². The molecule has 1 heterocycles. The number of carbonyl (C=O) groups excluding carboxylic acids is 3. The summed E-state index contributed by atoms with van der Waals surface area (Å²) in [5.41, 5.74) is 1.34. The summed E-state index contributed by atoms with van der Waals surface area (Å²) in [5, 5.41) is 3.23. The molecular weight excluding hydrogens is 400 g/mol. The number of nitrogens with one attached hydrogen (secondary N) is 1. The van der Waals surface area contributed by atoms with Crippen LogP contribution >= 0.6 is 11.6 Å². The van der Waals surface area contributed by atoms with E-state index in [0.717, 1.165) is 6.42 Å². The van der Waals surface area contributed by atoms with Crippen LogP contribution in [0.1, 0.15) is 16.8 Å². The minimum absolute atomic E-state index is 0.127. The predicted molar refractivity (Wildman–Crippen MR) is 113 cm³/mol. The molecule has 1 saturated heterocycles. The minimum atomic E-state index is -0.343. The van der Waals surface area contributed by atoms with Crippen LogP contribution in [0, 0.1) is 35.5 Å². The first-order chi connectivity index (χ1) is 14.5. The van der Waals surface area contributed by atoms with E-state index in [1.165, 1.54) is 4.90 Å². The molecule has 3 fully saturated rings. The molecule has 4 aliphatic carbocycles. The molecule has 0 spiro atoms. The van der Waals surface area contributed by atoms with Crippen LogP contribution in [0.3, 0.4) is 0 Å². The molecule has 7 rings (SSSR count). The molecule has 0 unspecified atom stereocenters. The second-order valence-corrected chi connectivity index (χ2v) is 9.06. The fraction of sp³-hybridized carbons (Fsp3) is 0.292. The Kier molecular flexibility index (Phi) is 3.75. The van der Waals surface area contributed by atoms with Crippen LogP contribution in [0.15, 0.2) is 60.7 Å². The number of allylic oxidation sites excluding steroid dienone is 2. The van der Waals surface area contributed by atoms with Crippen molar-refractivity contribution in [1.82, 2.24) is 0 Å². The first kappa shape index (κ1) is 17.9. The standard InChI is InChI=1S/C24H19ClN2O3/c25-18-6-1-2-7-19(18)26-22(28)12-4-3-5-13(10-12)27-23(29)20-14-8-9-15(17-11-16(14)17)21(20)24(27)30/h1-10,14-17,20-21H,11H2,(H,26,28)/t14-,15-,16-,17+,20+,21+/m0/s1. The molecule has 5 nitrogen and oxygen atoms in total. The Morgan fingerprint density at radius 3 is 2.27 bits per heavy atom. The van der Waals surface area contributed by atoms with Gasteiger partial charge in [-0.15, -0.1) is 0 Å². The van der Waals surface area contributed by atoms with Gasteiger partial charge in [0.15, 0.2) is 0 Å². The normalized spacial score (nSPS) is 32.8. The highest BCUT2D eigenvalue weighted by Crippen LogP contribution is 2.65. The van der Waals surface area contributed by atoms with Gasteiger partial charge in [-0.1, -0.05) is 42.0 Å². The monoisotopic (exact) mass is 418 g/mol. The first-order valence-corrected chi connectivity index (χ1v) is 10.6. The van der Waals surface area contributed by atoms with Gasteiger partial charge in [0, 0.05) is 5.56 Å². The van der Waals surface area contributed by atoms with E-state index in [9.17, 15) is 14.4 Å². The maximum Gasteiger partial charge on any atom is 0.255 e. The number of hydrogen-bond acceptors (Lipinski definition) is 3. The lowest BCUT2D eigenvalue weighted by molar-refractivity contribution is -0.124. The van der Waals surface area contributed by atoms with Crippen LogP contribution in [-0.2, 0) is 9.59 Å². The van der Waals surface area contributed by atoms with Gasteiger partial charge < -0.3 is 5.32 Å². The summed E-state index contributed by atoms with van der Waals surface area (Å²) in [6.45, 7) is 0. The molecule has 2 aromatic rings. The van der Waals surface area contributed by atoms with Crippen LogP contribution < -0.4 is 10.2 Å². The molecule has 2 saturated carbocycles. The fourth-order valence-corrected chi connectivity index (χ4v) is 5.94. The van der Waals surface area contributed by atoms with E-state index < -0.39 is 0 Å². The average Bonchev–Trinajstić information content (AvgIpc) is 3.53. The van der Waals surface area contributed by atoms with E-state index >= 15 is 0 Å². The van der Waals surface area contributed by atoms with Gasteiger partial charge in [0.2, 0.25) is 11.8 Å². The Bertz CT molecular complexity index is 1110. The largest absolute Gasteiger partial charge is 0.321 e. The van der Waals surface area contributed by atoms with Crippen molar-refractivity contribution in [2.75, 3.05) is 10.2 Å². The SMILES string of the molecule is O=C(Nc1ccccc1Cl)c1cccc(N2C(=O)[C@@H]3[C@H]4C=C[C@@H]([C@@H]5C[C@H]45)[C@H]3C2=O)c1. The van der Waals surface area contributed by atoms with Crippen LogP contribution in [-0.4, -0.2) is 17.7 Å². The lowest BCUT2D eigenvalue weighted by Gasteiger charge is -2.37. The number of hydrogen-bond donors (Lipinski definition) is 1. The van der Waals surface area contributed by atoms with Crippen molar-refractivity contribution in [3.8, 4) is 0 Å². The summed E-state index contributed by atoms with van der Waals surface area (Å²) in [6.07, 6.45) is 5.44. The van der Waals surface area contributed by atoms with Gasteiger partial charge in [-0.2, -0.15) is 0 Å². The number of imide groups is 1. The molecule has 3 amide bonds. The molecule has 1 aliphatic heterocycles. The van der Waals surface area contributed by atoms with Crippen molar-refractivity contribution in [2.24, 2.45) is 35.5 Å². The molecule has 2 aromatic carbocycles. The van der Waals surface area contributed by atoms with Crippen molar-refractivity contribution in [3.05, 3.63) is 71.3 Å². The van der Waals surface area contributed by atoms with E-state index in [1.54, 1.807) is 48.5 Å². The average molecular weight is 419 g/mol. The van der Waals surface area contributed by atoms with E-state index in [0.29, 0.717) is 33.8 Å². The zero-order chi connectivity index (χ0) is 20.6. The topological polar surface area (TPSA) is 66.5 Å². The molecule has 1 N–H and O–H groups in total. The summed E-state index contributed by atoms with van der Waals surface area (Å²) in [4.78, 5) is 40.6. The maximum atomic E-state index is 13.3. The Hall–Kier alpha value is -2.92. The number of rotatable bonds is 3. The Balaban J connectivity index is 1.30. The number of carbonyl (C=O) groups is 3. The Labute approximate surface area is 178 Å². The summed E-state index contributed by atoms with van der Waals surface area (Å²) >= 11 is 6.13. The summed E-state index contributed by atoms with van der Waals surface area (Å²) in [5.74, 6) is 0.377. The second-order valence-electron chi connectivity index (χ2n) is 8.65. The van der Waals surface area contributed by atoms with Crippen LogP contribution in [0.5, 0.6) is 0 Å². The maximum absolute atomic E-state index is 13.3. The smallest absolute Gasteiger partial charge is 0.255 e. The third-order valence-corrected chi connectivity index (χ3v) is 7.48. The highest BCUT2D eigenvalue weighted by atomic mass is 35.5. The van der Waals surface area contributed by atoms with Gasteiger partial charge in [-0.3, -0.25) is 14.4 Å². The molecule has 6 atom stereocenters. The van der Waals surface area contributed by atoms with Crippen molar-refractivity contribution >= 4 is 40.7 Å². The Morgan fingerprint density at radius 2 is 1.60 bits per heavy atom. The molecule has 30 heavy (non-hydrogen) atoms. The van der Waals surface area contributed by atoms with E-state index in [1.807, 2.05) is 0 Å². The molecule has 0 aromatic heterocycles. The van der Waals surface area contributed by atoms with Crippen molar-refractivity contribution in [1.29, 1.82) is 0 Å². The van der Waals surface area contributed by atoms with Crippen molar-refractivity contribution < 1.29 is 14.4 Å². The van der Waals surface area contributed by atoms with E-state index in [-0.39, 0.29) is 41.4 Å². The van der Waals surface area contributed by atoms with Crippen LogP contribution in [0.2, 0.25) is 5.02 Å². The predicted octanol–water partition coefficient (Wildman–Crippen LogP) is 4.15. The molecule has 5 aliphatic rings. The van der Waals surface area contributed by atoms with Gasteiger partial charge in [0.1, 0.15) is 0 Å². The third kappa shape index (κ3) is 2.45. The summed E-state index contributed by atoms with van der Waals surface area (Å²) < 4.78 is 0. The summed E-state index contributed by atoms with van der Waals surface area (Å²) in [7, 11) is 0.